The van der Waals surface area contributed by atoms with E-state index < -0.39 is 11.9 Å². The van der Waals surface area contributed by atoms with Gasteiger partial charge in [-0.3, -0.25) is 9.69 Å². The molecule has 2 aliphatic heterocycles. The number of aliphatic carboxylic acids is 1. The van der Waals surface area contributed by atoms with Crippen LogP contribution >= 0.6 is 11.8 Å². The highest BCUT2D eigenvalue weighted by Gasteiger charge is 2.55. The Balaban J connectivity index is 1.84. The first kappa shape index (κ1) is 14.2. The van der Waals surface area contributed by atoms with Crippen molar-refractivity contribution in [1.82, 2.24) is 14.5 Å². The Labute approximate surface area is 125 Å². The SMILES string of the molecule is C[C@H](CC1=C(C(=O)O)N2C(=O)[C@H](CO)[C@H]2S1)n1ccnc1. The van der Waals surface area contributed by atoms with E-state index in [1.54, 1.807) is 12.5 Å². The van der Waals surface area contributed by atoms with Gasteiger partial charge in [0.15, 0.2) is 0 Å². The molecule has 3 atom stereocenters. The highest BCUT2D eigenvalue weighted by Crippen LogP contribution is 2.51. The number of β-lactam (4-membered cyclic amide) rings is 1. The molecule has 2 aliphatic rings. The first-order valence-corrected chi connectivity index (χ1v) is 7.47. The average molecular weight is 309 g/mol. The van der Waals surface area contributed by atoms with Crippen molar-refractivity contribution < 1.29 is 19.8 Å². The summed E-state index contributed by atoms with van der Waals surface area (Å²) in [6, 6.07) is 0.0470. The maximum Gasteiger partial charge on any atom is 0.353 e. The van der Waals surface area contributed by atoms with Gasteiger partial charge in [-0.15, -0.1) is 11.8 Å². The molecule has 1 aromatic rings. The smallest absolute Gasteiger partial charge is 0.353 e. The molecule has 1 aromatic heterocycles. The van der Waals surface area contributed by atoms with E-state index in [2.05, 4.69) is 4.98 Å². The van der Waals surface area contributed by atoms with Crippen molar-refractivity contribution in [1.29, 1.82) is 0 Å². The van der Waals surface area contributed by atoms with Gasteiger partial charge in [0.25, 0.3) is 0 Å². The van der Waals surface area contributed by atoms with Crippen molar-refractivity contribution in [2.24, 2.45) is 5.92 Å². The number of imidazole rings is 1. The third-order valence-electron chi connectivity index (χ3n) is 3.84. The molecule has 0 aliphatic carbocycles. The lowest BCUT2D eigenvalue weighted by atomic mass is 9.98. The van der Waals surface area contributed by atoms with Gasteiger partial charge in [0, 0.05) is 29.8 Å². The van der Waals surface area contributed by atoms with E-state index >= 15 is 0 Å². The summed E-state index contributed by atoms with van der Waals surface area (Å²) in [4.78, 5) is 29.3. The van der Waals surface area contributed by atoms with Crippen LogP contribution in [-0.4, -0.2) is 48.5 Å². The van der Waals surface area contributed by atoms with E-state index in [1.807, 2.05) is 17.7 Å². The normalized spacial score (nSPS) is 25.8. The second-order valence-electron chi connectivity index (χ2n) is 5.15. The largest absolute Gasteiger partial charge is 0.477 e. The van der Waals surface area contributed by atoms with Gasteiger partial charge in [-0.1, -0.05) is 0 Å². The molecule has 3 rings (SSSR count). The Kier molecular flexibility index (Phi) is 3.50. The molecule has 1 fully saturated rings. The zero-order valence-corrected chi connectivity index (χ0v) is 12.2. The summed E-state index contributed by atoms with van der Waals surface area (Å²) in [7, 11) is 0. The van der Waals surface area contributed by atoms with E-state index in [0.29, 0.717) is 11.3 Å². The minimum atomic E-state index is -1.09. The van der Waals surface area contributed by atoms with Gasteiger partial charge in [-0.2, -0.15) is 0 Å². The molecule has 3 heterocycles. The van der Waals surface area contributed by atoms with Gasteiger partial charge in [0.05, 0.1) is 18.9 Å². The fourth-order valence-corrected chi connectivity index (χ4v) is 4.28. The quantitative estimate of drug-likeness (QED) is 0.776. The minimum absolute atomic E-state index is 0.0470. The molecule has 0 radical (unpaired) electrons. The van der Waals surface area contributed by atoms with Crippen LogP contribution in [0.1, 0.15) is 19.4 Å². The Morgan fingerprint density at radius 3 is 2.90 bits per heavy atom. The lowest BCUT2D eigenvalue weighted by molar-refractivity contribution is -0.153. The van der Waals surface area contributed by atoms with Crippen LogP contribution in [-0.2, 0) is 9.59 Å². The van der Waals surface area contributed by atoms with Gasteiger partial charge in [0.1, 0.15) is 11.1 Å². The van der Waals surface area contributed by atoms with Gasteiger partial charge in [0.2, 0.25) is 5.91 Å². The number of carbonyl (C=O) groups excluding carboxylic acids is 1. The minimum Gasteiger partial charge on any atom is -0.477 e. The molecule has 1 amide bonds. The van der Waals surface area contributed by atoms with Crippen LogP contribution in [0.25, 0.3) is 0 Å². The lowest BCUT2D eigenvalue weighted by Gasteiger charge is -2.41. The van der Waals surface area contributed by atoms with Crippen molar-refractivity contribution in [3.8, 4) is 0 Å². The average Bonchev–Trinajstić information content (AvgIpc) is 3.05. The monoisotopic (exact) mass is 309 g/mol. The number of thioether (sulfide) groups is 1. The molecular formula is C13H15N3O4S. The number of aliphatic hydroxyl groups excluding tert-OH is 1. The number of carboxylic acid groups (broad SMARTS) is 1. The van der Waals surface area contributed by atoms with E-state index in [-0.39, 0.29) is 29.6 Å². The number of amides is 1. The molecular weight excluding hydrogens is 294 g/mol. The molecule has 0 aromatic carbocycles. The van der Waals surface area contributed by atoms with E-state index in [4.69, 9.17) is 0 Å². The summed E-state index contributed by atoms with van der Waals surface area (Å²) >= 11 is 1.37. The summed E-state index contributed by atoms with van der Waals surface area (Å²) in [6.45, 7) is 1.72. The second kappa shape index (κ2) is 5.19. The van der Waals surface area contributed by atoms with Gasteiger partial charge < -0.3 is 14.8 Å². The van der Waals surface area contributed by atoms with Crippen LogP contribution in [0.15, 0.2) is 29.3 Å². The molecule has 2 N–H and O–H groups in total. The van der Waals surface area contributed by atoms with E-state index in [9.17, 15) is 19.8 Å². The van der Waals surface area contributed by atoms with Crippen LogP contribution < -0.4 is 0 Å². The number of rotatable bonds is 5. The standard InChI is InChI=1S/C13H15N3O4S/c1-7(15-3-2-14-6-15)4-9-10(13(19)20)16-11(18)8(5-17)12(16)21-9/h2-3,6-8,12,17H,4-5H2,1H3,(H,19,20)/t7-,8+,12-/m1/s1. The third-order valence-corrected chi connectivity index (χ3v) is 5.26. The molecule has 0 spiro atoms. The predicted molar refractivity (Wildman–Crippen MR) is 75.0 cm³/mol. The fourth-order valence-electron chi connectivity index (χ4n) is 2.67. The maximum atomic E-state index is 11.9. The second-order valence-corrected chi connectivity index (χ2v) is 6.36. The first-order valence-electron chi connectivity index (χ1n) is 6.59. The maximum absolute atomic E-state index is 11.9. The number of carboxylic acids is 1. The van der Waals surface area contributed by atoms with Crippen LogP contribution in [0.3, 0.4) is 0 Å². The van der Waals surface area contributed by atoms with Crippen molar-refractivity contribution in [2.45, 2.75) is 24.8 Å². The molecule has 21 heavy (non-hydrogen) atoms. The Bertz CT molecular complexity index is 613. The summed E-state index contributed by atoms with van der Waals surface area (Å²) in [5.74, 6) is -1.90. The predicted octanol–water partition coefficient (Wildman–Crippen LogP) is 0.654. The Morgan fingerprint density at radius 2 is 2.33 bits per heavy atom. The zero-order chi connectivity index (χ0) is 15.1. The number of aliphatic hydroxyl groups is 1. The van der Waals surface area contributed by atoms with Gasteiger partial charge >= 0.3 is 5.97 Å². The van der Waals surface area contributed by atoms with Crippen LogP contribution in [0.5, 0.6) is 0 Å². The van der Waals surface area contributed by atoms with Crippen molar-refractivity contribution in [2.75, 3.05) is 6.61 Å². The number of nitrogens with zero attached hydrogens (tertiary/aromatic N) is 3. The van der Waals surface area contributed by atoms with Crippen molar-refractivity contribution in [3.63, 3.8) is 0 Å². The lowest BCUT2D eigenvalue weighted by Crippen LogP contribution is -2.58. The van der Waals surface area contributed by atoms with Gasteiger partial charge in [-0.05, 0) is 6.92 Å². The molecule has 0 bridgehead atoms. The first-order chi connectivity index (χ1) is 10.0. The molecule has 0 saturated carbocycles. The van der Waals surface area contributed by atoms with E-state index in [1.165, 1.54) is 16.7 Å². The summed E-state index contributed by atoms with van der Waals surface area (Å²) < 4.78 is 1.90. The Morgan fingerprint density at radius 1 is 1.57 bits per heavy atom. The number of hydrogen-bond donors (Lipinski definition) is 2. The molecule has 112 valence electrons. The third kappa shape index (κ3) is 2.14. The van der Waals surface area contributed by atoms with Crippen molar-refractivity contribution >= 4 is 23.6 Å². The molecule has 1 saturated heterocycles. The van der Waals surface area contributed by atoms with Crippen LogP contribution in [0.2, 0.25) is 0 Å². The highest BCUT2D eigenvalue weighted by molar-refractivity contribution is 8.04. The molecule has 0 unspecified atom stereocenters. The number of carbonyl (C=O) groups is 2. The zero-order valence-electron chi connectivity index (χ0n) is 11.3. The summed E-state index contributed by atoms with van der Waals surface area (Å²) in [5.41, 5.74) is 0.0617. The van der Waals surface area contributed by atoms with Gasteiger partial charge in [-0.25, -0.2) is 9.78 Å². The molecule has 8 heteroatoms. The number of allylic oxidation sites excluding steroid dienone is 1. The van der Waals surface area contributed by atoms with Crippen molar-refractivity contribution in [3.05, 3.63) is 29.3 Å². The number of aromatic nitrogens is 2. The fraction of sp³-hybridized carbons (Fsp3) is 0.462. The van der Waals surface area contributed by atoms with Crippen LogP contribution in [0, 0.1) is 5.92 Å². The topological polar surface area (TPSA) is 95.7 Å². The Hall–Kier alpha value is -1.80. The summed E-state index contributed by atoms with van der Waals surface area (Å²) in [6.07, 6.45) is 5.69. The number of hydrogen-bond acceptors (Lipinski definition) is 5. The summed E-state index contributed by atoms with van der Waals surface area (Å²) in [5, 5.41) is 18.3. The number of fused-ring (bicyclic) bond motifs is 1. The van der Waals surface area contributed by atoms with Crippen LogP contribution in [0.4, 0.5) is 0 Å². The van der Waals surface area contributed by atoms with E-state index in [0.717, 1.165) is 0 Å². The highest BCUT2D eigenvalue weighted by atomic mass is 32.2. The molecule has 7 nitrogen and oxygen atoms in total.